The second-order valence-corrected chi connectivity index (χ2v) is 5.79. The molecule has 0 saturated carbocycles. The smallest absolute Gasteiger partial charge is 0.0429 e. The Kier molecular flexibility index (Phi) is 4.08. The van der Waals surface area contributed by atoms with Crippen molar-refractivity contribution >= 4 is 0 Å². The molecule has 1 aromatic carbocycles. The summed E-state index contributed by atoms with van der Waals surface area (Å²) >= 11 is 0. The molecule has 1 heterocycles. The number of hydrogen-bond acceptors (Lipinski definition) is 2. The Balaban J connectivity index is 2.25. The molecule has 1 atom stereocenters. The molecular weight excluding hydrogens is 220 g/mol. The molecule has 0 aliphatic carbocycles. The maximum absolute atomic E-state index is 6.47. The van der Waals surface area contributed by atoms with E-state index in [1.165, 1.54) is 53.7 Å². The van der Waals surface area contributed by atoms with Gasteiger partial charge >= 0.3 is 0 Å². The first-order valence-corrected chi connectivity index (χ1v) is 7.06. The van der Waals surface area contributed by atoms with Gasteiger partial charge in [-0.3, -0.25) is 0 Å². The zero-order valence-corrected chi connectivity index (χ0v) is 12.2. The van der Waals surface area contributed by atoms with Crippen molar-refractivity contribution in [3.63, 3.8) is 0 Å². The minimum atomic E-state index is 0.154. The van der Waals surface area contributed by atoms with Gasteiger partial charge in [-0.15, -0.1) is 0 Å². The summed E-state index contributed by atoms with van der Waals surface area (Å²) in [6, 6.07) is 2.43. The third-order valence-corrected chi connectivity index (χ3v) is 4.45. The average Bonchev–Trinajstić information content (AvgIpc) is 2.79. The van der Waals surface area contributed by atoms with E-state index in [1.54, 1.807) is 0 Å². The van der Waals surface area contributed by atoms with Gasteiger partial charge in [0.15, 0.2) is 0 Å². The van der Waals surface area contributed by atoms with E-state index in [9.17, 15) is 0 Å². The highest BCUT2D eigenvalue weighted by atomic mass is 15.1. The molecule has 0 spiro atoms. The Hall–Kier alpha value is -0.860. The summed E-state index contributed by atoms with van der Waals surface area (Å²) in [6.07, 6.45) is 2.66. The van der Waals surface area contributed by atoms with Crippen molar-refractivity contribution in [3.05, 3.63) is 33.9 Å². The lowest BCUT2D eigenvalue weighted by Crippen LogP contribution is -2.31. The van der Waals surface area contributed by atoms with Crippen molar-refractivity contribution in [2.75, 3.05) is 19.6 Å². The Labute approximate surface area is 111 Å². The van der Waals surface area contributed by atoms with Gasteiger partial charge < -0.3 is 10.6 Å². The molecule has 2 N–H and O–H groups in total. The van der Waals surface area contributed by atoms with Gasteiger partial charge in [0, 0.05) is 12.6 Å². The Morgan fingerprint density at radius 3 is 2.06 bits per heavy atom. The van der Waals surface area contributed by atoms with Gasteiger partial charge in [-0.25, -0.2) is 0 Å². The predicted octanol–water partition coefficient (Wildman–Crippen LogP) is 3.02. The summed E-state index contributed by atoms with van der Waals surface area (Å²) in [5.41, 5.74) is 13.3. The highest BCUT2D eigenvalue weighted by Crippen LogP contribution is 2.27. The molecule has 18 heavy (non-hydrogen) atoms. The molecule has 1 unspecified atom stereocenters. The van der Waals surface area contributed by atoms with Crippen molar-refractivity contribution in [1.29, 1.82) is 0 Å². The summed E-state index contributed by atoms with van der Waals surface area (Å²) in [5.74, 6) is 0. The Morgan fingerprint density at radius 1 is 1.06 bits per heavy atom. The number of rotatable bonds is 3. The van der Waals surface area contributed by atoms with Crippen molar-refractivity contribution in [2.45, 2.75) is 46.6 Å². The van der Waals surface area contributed by atoms with Crippen LogP contribution in [0.3, 0.4) is 0 Å². The van der Waals surface area contributed by atoms with Gasteiger partial charge in [0.1, 0.15) is 0 Å². The number of nitrogens with two attached hydrogens (primary N) is 1. The highest BCUT2D eigenvalue weighted by molar-refractivity contribution is 5.45. The van der Waals surface area contributed by atoms with E-state index in [-0.39, 0.29) is 6.04 Å². The first-order valence-electron chi connectivity index (χ1n) is 7.06. The summed E-state index contributed by atoms with van der Waals surface area (Å²) in [6.45, 7) is 12.2. The first kappa shape index (κ1) is 13.6. The van der Waals surface area contributed by atoms with Crippen LogP contribution in [0.2, 0.25) is 0 Å². The van der Waals surface area contributed by atoms with Crippen LogP contribution in [-0.4, -0.2) is 24.5 Å². The fourth-order valence-corrected chi connectivity index (χ4v) is 3.14. The lowest BCUT2D eigenvalue weighted by Gasteiger charge is -2.25. The molecule has 1 aromatic rings. The summed E-state index contributed by atoms with van der Waals surface area (Å²) in [7, 11) is 0. The number of hydrogen-bond donors (Lipinski definition) is 1. The monoisotopic (exact) mass is 246 g/mol. The molecule has 1 aliphatic heterocycles. The second kappa shape index (κ2) is 5.41. The number of benzene rings is 1. The Morgan fingerprint density at radius 2 is 1.56 bits per heavy atom. The molecular formula is C16H26N2. The normalized spacial score (nSPS) is 18.3. The van der Waals surface area contributed by atoms with Crippen LogP contribution in [0.15, 0.2) is 6.07 Å². The van der Waals surface area contributed by atoms with Crippen LogP contribution in [-0.2, 0) is 0 Å². The lowest BCUT2D eigenvalue weighted by molar-refractivity contribution is 0.315. The number of aryl methyl sites for hydroxylation is 2. The van der Waals surface area contributed by atoms with E-state index in [4.69, 9.17) is 5.73 Å². The fourth-order valence-electron chi connectivity index (χ4n) is 3.14. The van der Waals surface area contributed by atoms with Gasteiger partial charge in [-0.2, -0.15) is 0 Å². The third kappa shape index (κ3) is 2.60. The summed E-state index contributed by atoms with van der Waals surface area (Å²) in [5, 5.41) is 0. The van der Waals surface area contributed by atoms with E-state index >= 15 is 0 Å². The van der Waals surface area contributed by atoms with Crippen LogP contribution in [0.1, 0.15) is 46.7 Å². The van der Waals surface area contributed by atoms with Crippen LogP contribution < -0.4 is 5.73 Å². The molecule has 1 aliphatic rings. The van der Waals surface area contributed by atoms with Crippen LogP contribution in [0, 0.1) is 27.7 Å². The van der Waals surface area contributed by atoms with Gasteiger partial charge in [0.2, 0.25) is 0 Å². The number of nitrogens with zero attached hydrogens (tertiary/aromatic N) is 1. The first-order chi connectivity index (χ1) is 8.50. The van der Waals surface area contributed by atoms with E-state index in [1.807, 2.05) is 0 Å². The minimum Gasteiger partial charge on any atom is -0.323 e. The summed E-state index contributed by atoms with van der Waals surface area (Å²) in [4.78, 5) is 2.50. The molecule has 0 radical (unpaired) electrons. The van der Waals surface area contributed by atoms with Crippen molar-refractivity contribution in [1.82, 2.24) is 4.90 Å². The zero-order chi connectivity index (χ0) is 13.3. The van der Waals surface area contributed by atoms with E-state index in [0.29, 0.717) is 0 Å². The van der Waals surface area contributed by atoms with Gasteiger partial charge in [-0.1, -0.05) is 6.07 Å². The quantitative estimate of drug-likeness (QED) is 0.888. The molecule has 0 aromatic heterocycles. The molecule has 2 heteroatoms. The molecule has 0 bridgehead atoms. The standard InChI is InChI=1S/C16H26N2/c1-11-9-12(2)14(4)16(13(11)3)15(17)10-18-7-5-6-8-18/h9,15H,5-8,10,17H2,1-4H3. The molecule has 1 fully saturated rings. The van der Waals surface area contributed by atoms with Crippen LogP contribution in [0.5, 0.6) is 0 Å². The van der Waals surface area contributed by atoms with Crippen LogP contribution in [0.25, 0.3) is 0 Å². The fraction of sp³-hybridized carbons (Fsp3) is 0.625. The third-order valence-electron chi connectivity index (χ3n) is 4.45. The van der Waals surface area contributed by atoms with Crippen molar-refractivity contribution in [3.8, 4) is 0 Å². The molecule has 2 rings (SSSR count). The largest absolute Gasteiger partial charge is 0.323 e. The van der Waals surface area contributed by atoms with Gasteiger partial charge in [0.25, 0.3) is 0 Å². The molecule has 2 nitrogen and oxygen atoms in total. The molecule has 1 saturated heterocycles. The number of likely N-dealkylation sites (tertiary alicyclic amines) is 1. The summed E-state index contributed by atoms with van der Waals surface area (Å²) < 4.78 is 0. The Bertz CT molecular complexity index is 405. The molecule has 100 valence electrons. The van der Waals surface area contributed by atoms with E-state index in [0.717, 1.165) is 6.54 Å². The maximum atomic E-state index is 6.47. The van der Waals surface area contributed by atoms with Crippen LogP contribution in [0.4, 0.5) is 0 Å². The molecule has 0 amide bonds. The SMILES string of the molecule is Cc1cc(C)c(C)c(C(N)CN2CCCC2)c1C. The van der Waals surface area contributed by atoms with Gasteiger partial charge in [0.05, 0.1) is 0 Å². The van der Waals surface area contributed by atoms with Crippen molar-refractivity contribution < 1.29 is 0 Å². The lowest BCUT2D eigenvalue weighted by atomic mass is 9.90. The minimum absolute atomic E-state index is 0.154. The predicted molar refractivity (Wildman–Crippen MR) is 78.0 cm³/mol. The second-order valence-electron chi connectivity index (χ2n) is 5.79. The average molecular weight is 246 g/mol. The van der Waals surface area contributed by atoms with Gasteiger partial charge in [-0.05, 0) is 81.4 Å². The van der Waals surface area contributed by atoms with Crippen molar-refractivity contribution in [2.24, 2.45) is 5.73 Å². The maximum Gasteiger partial charge on any atom is 0.0429 e. The highest BCUT2D eigenvalue weighted by Gasteiger charge is 2.20. The zero-order valence-electron chi connectivity index (χ0n) is 12.2. The topological polar surface area (TPSA) is 29.3 Å². The van der Waals surface area contributed by atoms with E-state index in [2.05, 4.69) is 38.7 Å². The van der Waals surface area contributed by atoms with E-state index < -0.39 is 0 Å². The van der Waals surface area contributed by atoms with Crippen LogP contribution >= 0.6 is 0 Å².